The smallest absolute Gasteiger partial charge is 0.335 e. The van der Waals surface area contributed by atoms with E-state index in [1.54, 1.807) is 11.0 Å². The first-order valence-electron chi connectivity index (χ1n) is 6.37. The maximum atomic E-state index is 5.41. The molecule has 0 saturated heterocycles. The predicted octanol–water partition coefficient (Wildman–Crippen LogP) is 1.61. The van der Waals surface area contributed by atoms with Crippen LogP contribution >= 0.6 is 0 Å². The Labute approximate surface area is 104 Å². The molecular formula is C12H24N4O. The van der Waals surface area contributed by atoms with E-state index in [1.807, 2.05) is 7.05 Å². The summed E-state index contributed by atoms with van der Waals surface area (Å²) in [5.74, 6) is 0.730. The SMILES string of the molecule is CC(C)CNCCCCCOc1ncn(C)n1. The first-order chi connectivity index (χ1) is 8.18. The Morgan fingerprint density at radius 3 is 2.82 bits per heavy atom. The van der Waals surface area contributed by atoms with Gasteiger partial charge in [0.05, 0.1) is 6.61 Å². The summed E-state index contributed by atoms with van der Waals surface area (Å²) in [6.45, 7) is 7.35. The van der Waals surface area contributed by atoms with Gasteiger partial charge in [0.15, 0.2) is 0 Å². The molecule has 0 bridgehead atoms. The molecule has 1 aromatic rings. The molecule has 0 aliphatic heterocycles. The summed E-state index contributed by atoms with van der Waals surface area (Å²) in [4.78, 5) is 4.00. The summed E-state index contributed by atoms with van der Waals surface area (Å²) in [7, 11) is 1.83. The molecule has 1 N–H and O–H groups in total. The molecule has 1 rings (SSSR count). The molecule has 0 radical (unpaired) electrons. The molecule has 0 aliphatic rings. The summed E-state index contributed by atoms with van der Waals surface area (Å²) in [6, 6.07) is 0.477. The fourth-order valence-electron chi connectivity index (χ4n) is 1.47. The lowest BCUT2D eigenvalue weighted by Gasteiger charge is -2.06. The normalized spacial score (nSPS) is 11.1. The van der Waals surface area contributed by atoms with E-state index in [1.165, 1.54) is 12.8 Å². The lowest BCUT2D eigenvalue weighted by Crippen LogP contribution is -2.20. The number of rotatable bonds is 9. The number of unbranched alkanes of at least 4 members (excludes halogenated alkanes) is 2. The summed E-state index contributed by atoms with van der Waals surface area (Å²) in [5, 5.41) is 7.48. The summed E-state index contributed by atoms with van der Waals surface area (Å²) in [5.41, 5.74) is 0. The van der Waals surface area contributed by atoms with E-state index in [4.69, 9.17) is 4.74 Å². The second-order valence-corrected chi connectivity index (χ2v) is 4.71. The average Bonchev–Trinajstić information content (AvgIpc) is 2.68. The Morgan fingerprint density at radius 2 is 2.18 bits per heavy atom. The Balaban J connectivity index is 1.88. The van der Waals surface area contributed by atoms with Crippen molar-refractivity contribution < 1.29 is 4.74 Å². The van der Waals surface area contributed by atoms with E-state index in [2.05, 4.69) is 29.2 Å². The van der Waals surface area contributed by atoms with E-state index >= 15 is 0 Å². The summed E-state index contributed by atoms with van der Waals surface area (Å²) < 4.78 is 7.05. The average molecular weight is 240 g/mol. The molecular weight excluding hydrogens is 216 g/mol. The number of nitrogens with one attached hydrogen (secondary N) is 1. The van der Waals surface area contributed by atoms with Crippen molar-refractivity contribution >= 4 is 0 Å². The Morgan fingerprint density at radius 1 is 1.35 bits per heavy atom. The van der Waals surface area contributed by atoms with Crippen molar-refractivity contribution in [1.29, 1.82) is 0 Å². The number of aromatic nitrogens is 3. The van der Waals surface area contributed by atoms with Gasteiger partial charge in [-0.15, -0.1) is 5.10 Å². The van der Waals surface area contributed by atoms with Gasteiger partial charge in [0.1, 0.15) is 6.33 Å². The molecule has 0 amide bonds. The van der Waals surface area contributed by atoms with Crippen molar-refractivity contribution in [1.82, 2.24) is 20.1 Å². The van der Waals surface area contributed by atoms with E-state index < -0.39 is 0 Å². The van der Waals surface area contributed by atoms with Gasteiger partial charge in [0.25, 0.3) is 0 Å². The number of nitrogens with zero attached hydrogens (tertiary/aromatic N) is 3. The molecule has 5 heteroatoms. The lowest BCUT2D eigenvalue weighted by atomic mass is 10.2. The Kier molecular flexibility index (Phi) is 6.62. The quantitative estimate of drug-likeness (QED) is 0.666. The molecule has 0 fully saturated rings. The van der Waals surface area contributed by atoms with Crippen LogP contribution in [-0.2, 0) is 7.05 Å². The Bertz CT molecular complexity index is 298. The zero-order valence-corrected chi connectivity index (χ0v) is 11.1. The molecule has 5 nitrogen and oxygen atoms in total. The standard InChI is InChI=1S/C12H24N4O/c1-11(2)9-13-7-5-4-6-8-17-12-14-10-16(3)15-12/h10-11,13H,4-9H2,1-3H3. The van der Waals surface area contributed by atoms with Crippen LogP contribution in [0.3, 0.4) is 0 Å². The van der Waals surface area contributed by atoms with Crippen molar-refractivity contribution in [3.63, 3.8) is 0 Å². The first-order valence-corrected chi connectivity index (χ1v) is 6.37. The van der Waals surface area contributed by atoms with Crippen molar-refractivity contribution in [3.05, 3.63) is 6.33 Å². The minimum absolute atomic E-state index is 0.477. The van der Waals surface area contributed by atoms with E-state index in [0.717, 1.165) is 25.4 Å². The van der Waals surface area contributed by atoms with Gasteiger partial charge in [0, 0.05) is 7.05 Å². The van der Waals surface area contributed by atoms with Crippen LogP contribution in [0.2, 0.25) is 0 Å². The summed E-state index contributed by atoms with van der Waals surface area (Å²) in [6.07, 6.45) is 5.08. The van der Waals surface area contributed by atoms with Crippen LogP contribution < -0.4 is 10.1 Å². The maximum absolute atomic E-state index is 5.41. The van der Waals surface area contributed by atoms with Crippen molar-refractivity contribution in [3.8, 4) is 6.01 Å². The predicted molar refractivity (Wildman–Crippen MR) is 68.1 cm³/mol. The van der Waals surface area contributed by atoms with Gasteiger partial charge < -0.3 is 10.1 Å². The maximum Gasteiger partial charge on any atom is 0.335 e. The minimum Gasteiger partial charge on any atom is -0.462 e. The topological polar surface area (TPSA) is 52.0 Å². The van der Waals surface area contributed by atoms with Crippen LogP contribution in [0.15, 0.2) is 6.33 Å². The minimum atomic E-state index is 0.477. The molecule has 0 unspecified atom stereocenters. The fraction of sp³-hybridized carbons (Fsp3) is 0.833. The monoisotopic (exact) mass is 240 g/mol. The number of aryl methyl sites for hydroxylation is 1. The molecule has 0 aliphatic carbocycles. The number of hydrogen-bond acceptors (Lipinski definition) is 4. The van der Waals surface area contributed by atoms with Gasteiger partial charge in [-0.3, -0.25) is 4.68 Å². The van der Waals surface area contributed by atoms with Crippen LogP contribution in [-0.4, -0.2) is 34.5 Å². The third-order valence-corrected chi connectivity index (χ3v) is 2.36. The molecule has 98 valence electrons. The van der Waals surface area contributed by atoms with Crippen LogP contribution in [0.1, 0.15) is 33.1 Å². The van der Waals surface area contributed by atoms with Crippen LogP contribution in [0.25, 0.3) is 0 Å². The highest BCUT2D eigenvalue weighted by Crippen LogP contribution is 2.01. The van der Waals surface area contributed by atoms with Crippen molar-refractivity contribution in [2.75, 3.05) is 19.7 Å². The number of ether oxygens (including phenoxy) is 1. The number of hydrogen-bond donors (Lipinski definition) is 1. The summed E-state index contributed by atoms with van der Waals surface area (Å²) >= 11 is 0. The van der Waals surface area contributed by atoms with E-state index in [9.17, 15) is 0 Å². The zero-order chi connectivity index (χ0) is 12.5. The van der Waals surface area contributed by atoms with E-state index in [-0.39, 0.29) is 0 Å². The second kappa shape index (κ2) is 8.06. The van der Waals surface area contributed by atoms with Crippen molar-refractivity contribution in [2.24, 2.45) is 13.0 Å². The fourth-order valence-corrected chi connectivity index (χ4v) is 1.47. The third-order valence-electron chi connectivity index (χ3n) is 2.36. The highest BCUT2D eigenvalue weighted by atomic mass is 16.5. The van der Waals surface area contributed by atoms with Gasteiger partial charge in [-0.05, 0) is 38.3 Å². The highest BCUT2D eigenvalue weighted by Gasteiger charge is 1.98. The van der Waals surface area contributed by atoms with Crippen LogP contribution in [0.5, 0.6) is 6.01 Å². The molecule has 17 heavy (non-hydrogen) atoms. The molecule has 1 aromatic heterocycles. The Hall–Kier alpha value is -1.10. The molecule has 0 spiro atoms. The molecule has 0 saturated carbocycles. The second-order valence-electron chi connectivity index (χ2n) is 4.71. The van der Waals surface area contributed by atoms with Gasteiger partial charge in [0.2, 0.25) is 0 Å². The molecule has 1 heterocycles. The largest absolute Gasteiger partial charge is 0.462 e. The van der Waals surface area contributed by atoms with Crippen molar-refractivity contribution in [2.45, 2.75) is 33.1 Å². The van der Waals surface area contributed by atoms with E-state index in [0.29, 0.717) is 12.6 Å². The molecule has 0 atom stereocenters. The highest BCUT2D eigenvalue weighted by molar-refractivity contribution is 4.86. The van der Waals surface area contributed by atoms with Crippen LogP contribution in [0, 0.1) is 5.92 Å². The third kappa shape index (κ3) is 6.94. The van der Waals surface area contributed by atoms with Crippen LogP contribution in [0.4, 0.5) is 0 Å². The first kappa shape index (κ1) is 14.0. The van der Waals surface area contributed by atoms with Gasteiger partial charge >= 0.3 is 6.01 Å². The lowest BCUT2D eigenvalue weighted by molar-refractivity contribution is 0.281. The van der Waals surface area contributed by atoms with Gasteiger partial charge in [-0.2, -0.15) is 4.98 Å². The van der Waals surface area contributed by atoms with Gasteiger partial charge in [-0.25, -0.2) is 0 Å². The van der Waals surface area contributed by atoms with Gasteiger partial charge in [-0.1, -0.05) is 13.8 Å². The molecule has 0 aromatic carbocycles. The zero-order valence-electron chi connectivity index (χ0n) is 11.1.